The van der Waals surface area contributed by atoms with E-state index in [1.165, 1.54) is 43.4 Å². The topological polar surface area (TPSA) is 46.5 Å². The summed E-state index contributed by atoms with van der Waals surface area (Å²) in [6, 6.07) is 52.9. The Hall–Kier alpha value is -6.52. The average Bonchev–Trinajstić information content (AvgIpc) is 3.78. The minimum atomic E-state index is -0.0947. The number of aromatic amines is 1. The zero-order chi connectivity index (χ0) is 38.3. The summed E-state index contributed by atoms with van der Waals surface area (Å²) in [6.07, 6.45) is 1.87. The van der Waals surface area contributed by atoms with Crippen molar-refractivity contribution in [1.82, 2.24) is 19.5 Å². The van der Waals surface area contributed by atoms with Gasteiger partial charge in [0.1, 0.15) is 5.82 Å². The zero-order valence-corrected chi connectivity index (χ0v) is 32.8. The summed E-state index contributed by atoms with van der Waals surface area (Å²) in [5.74, 6) is 0.910. The van der Waals surface area contributed by atoms with Crippen LogP contribution in [-0.2, 0) is 10.8 Å². The van der Waals surface area contributed by atoms with Gasteiger partial charge in [0.05, 0.1) is 27.9 Å². The van der Waals surface area contributed by atoms with Crippen LogP contribution in [0.4, 0.5) is 0 Å². The second-order valence-corrected chi connectivity index (χ2v) is 17.2. The third kappa shape index (κ3) is 5.51. The fourth-order valence-corrected chi connectivity index (χ4v) is 8.44. The summed E-state index contributed by atoms with van der Waals surface area (Å²) in [5.41, 5.74) is 13.2. The summed E-state index contributed by atoms with van der Waals surface area (Å²) in [5, 5.41) is 7.19. The normalized spacial score (nSPS) is 12.5. The van der Waals surface area contributed by atoms with Gasteiger partial charge in [-0.25, -0.2) is 4.98 Å². The maximum atomic E-state index is 5.75. The molecule has 4 heteroatoms. The van der Waals surface area contributed by atoms with Crippen LogP contribution in [-0.4, -0.2) is 19.5 Å². The van der Waals surface area contributed by atoms with Crippen LogP contribution in [0.1, 0.15) is 52.7 Å². The lowest BCUT2D eigenvalue weighted by Crippen LogP contribution is -2.11. The Morgan fingerprint density at radius 2 is 1.23 bits per heavy atom. The lowest BCUT2D eigenvalue weighted by Gasteiger charge is -2.21. The minimum absolute atomic E-state index is 0.0280. The van der Waals surface area contributed by atoms with Gasteiger partial charge in [-0.15, -0.1) is 0 Å². The quantitative estimate of drug-likeness (QED) is 0.196. The predicted octanol–water partition coefficient (Wildman–Crippen LogP) is 14.0. The molecular formula is C52H44N4. The number of benzene rings is 7. The highest BCUT2D eigenvalue weighted by Gasteiger charge is 2.26. The number of para-hydroxylation sites is 1. The third-order valence-corrected chi connectivity index (χ3v) is 11.5. The first-order valence-corrected chi connectivity index (χ1v) is 19.6. The molecule has 0 atom stereocenters. The summed E-state index contributed by atoms with van der Waals surface area (Å²) in [4.78, 5) is 14.4. The number of imidazole rings is 1. The molecule has 0 unspecified atom stereocenters. The van der Waals surface area contributed by atoms with E-state index < -0.39 is 0 Å². The van der Waals surface area contributed by atoms with E-state index in [2.05, 4.69) is 191 Å². The van der Waals surface area contributed by atoms with Gasteiger partial charge in [0.2, 0.25) is 0 Å². The fourth-order valence-electron chi connectivity index (χ4n) is 8.44. The molecule has 0 bridgehead atoms. The van der Waals surface area contributed by atoms with E-state index in [0.717, 1.165) is 61.5 Å². The molecule has 0 aliphatic rings. The van der Waals surface area contributed by atoms with E-state index in [-0.39, 0.29) is 10.8 Å². The van der Waals surface area contributed by atoms with Crippen molar-refractivity contribution >= 4 is 54.4 Å². The van der Waals surface area contributed by atoms with Crippen LogP contribution in [0, 0.1) is 0 Å². The fraction of sp³-hybridized carbons (Fsp3) is 0.154. The Kier molecular flexibility index (Phi) is 7.59. The molecule has 0 aliphatic heterocycles. The van der Waals surface area contributed by atoms with Gasteiger partial charge in [-0.1, -0.05) is 126 Å². The molecule has 0 saturated heterocycles. The Balaban J connectivity index is 1.33. The van der Waals surface area contributed by atoms with Crippen molar-refractivity contribution < 1.29 is 0 Å². The van der Waals surface area contributed by atoms with Crippen molar-refractivity contribution in [3.8, 4) is 39.5 Å². The number of H-pyrrole nitrogens is 1. The van der Waals surface area contributed by atoms with Crippen molar-refractivity contribution in [2.75, 3.05) is 0 Å². The summed E-state index contributed by atoms with van der Waals surface area (Å²) in [7, 11) is 0. The SMILES string of the molecule is CC(C)(C)c1ccc2[nH]c3c(-c4nc5c(-c6cc(-c7ccccn7)c7ccccc7c6)cccc5n4-c4cccc5ccccc45)cc(C(C)(C)C)cc3c2c1. The van der Waals surface area contributed by atoms with Crippen LogP contribution in [0.2, 0.25) is 0 Å². The molecule has 0 spiro atoms. The third-order valence-electron chi connectivity index (χ3n) is 11.5. The van der Waals surface area contributed by atoms with E-state index in [1.807, 2.05) is 12.3 Å². The Morgan fingerprint density at radius 1 is 0.518 bits per heavy atom. The lowest BCUT2D eigenvalue weighted by atomic mass is 9.84. The molecule has 1 N–H and O–H groups in total. The monoisotopic (exact) mass is 724 g/mol. The van der Waals surface area contributed by atoms with Gasteiger partial charge in [-0.2, -0.15) is 0 Å². The largest absolute Gasteiger partial charge is 0.354 e. The molecule has 7 aromatic carbocycles. The summed E-state index contributed by atoms with van der Waals surface area (Å²) in [6.45, 7) is 13.8. The number of aromatic nitrogens is 4. The molecular weight excluding hydrogens is 681 g/mol. The highest BCUT2D eigenvalue weighted by Crippen LogP contribution is 2.43. The highest BCUT2D eigenvalue weighted by atomic mass is 15.1. The first kappa shape index (κ1) is 34.0. The van der Waals surface area contributed by atoms with Crippen LogP contribution in [0.3, 0.4) is 0 Å². The second kappa shape index (κ2) is 12.5. The molecule has 10 aromatic rings. The summed E-state index contributed by atoms with van der Waals surface area (Å²) < 4.78 is 2.40. The molecule has 0 radical (unpaired) electrons. The van der Waals surface area contributed by atoms with E-state index >= 15 is 0 Å². The van der Waals surface area contributed by atoms with Crippen LogP contribution >= 0.6 is 0 Å². The molecule has 0 amide bonds. The molecule has 3 heterocycles. The Bertz CT molecular complexity index is 3140. The van der Waals surface area contributed by atoms with Gasteiger partial charge in [-0.05, 0) is 104 Å². The van der Waals surface area contributed by atoms with Crippen molar-refractivity contribution in [3.05, 3.63) is 163 Å². The maximum Gasteiger partial charge on any atom is 0.147 e. The molecule has 0 aliphatic carbocycles. The van der Waals surface area contributed by atoms with Crippen LogP contribution in [0.5, 0.6) is 0 Å². The number of fused-ring (bicyclic) bond motifs is 6. The van der Waals surface area contributed by atoms with E-state index in [4.69, 9.17) is 9.97 Å². The number of hydrogen-bond donors (Lipinski definition) is 1. The van der Waals surface area contributed by atoms with Gasteiger partial charge in [0.25, 0.3) is 0 Å². The van der Waals surface area contributed by atoms with Crippen LogP contribution < -0.4 is 0 Å². The van der Waals surface area contributed by atoms with Crippen molar-refractivity contribution in [1.29, 1.82) is 0 Å². The Morgan fingerprint density at radius 3 is 2.02 bits per heavy atom. The molecule has 56 heavy (non-hydrogen) atoms. The van der Waals surface area contributed by atoms with E-state index in [9.17, 15) is 0 Å². The van der Waals surface area contributed by atoms with Crippen molar-refractivity contribution in [2.45, 2.75) is 52.4 Å². The molecule has 0 fully saturated rings. The number of nitrogens with zero attached hydrogens (tertiary/aromatic N) is 3. The van der Waals surface area contributed by atoms with Gasteiger partial charge in [-0.3, -0.25) is 9.55 Å². The van der Waals surface area contributed by atoms with Gasteiger partial charge >= 0.3 is 0 Å². The van der Waals surface area contributed by atoms with Gasteiger partial charge < -0.3 is 4.98 Å². The first-order valence-electron chi connectivity index (χ1n) is 19.6. The first-order chi connectivity index (χ1) is 27.0. The smallest absolute Gasteiger partial charge is 0.147 e. The lowest BCUT2D eigenvalue weighted by molar-refractivity contribution is 0.590. The van der Waals surface area contributed by atoms with E-state index in [1.54, 1.807) is 0 Å². The molecule has 10 rings (SSSR count). The highest BCUT2D eigenvalue weighted by molar-refractivity contribution is 6.13. The molecule has 272 valence electrons. The Labute approximate surface area is 327 Å². The molecule has 0 saturated carbocycles. The van der Waals surface area contributed by atoms with Crippen molar-refractivity contribution in [2.24, 2.45) is 0 Å². The number of nitrogens with one attached hydrogen (secondary N) is 1. The van der Waals surface area contributed by atoms with E-state index in [0.29, 0.717) is 0 Å². The number of pyridine rings is 1. The second-order valence-electron chi connectivity index (χ2n) is 17.2. The molecule has 3 aromatic heterocycles. The van der Waals surface area contributed by atoms with Crippen LogP contribution in [0.15, 0.2) is 152 Å². The standard InChI is InChI=1S/C52H44N4/c1-51(2,3)35-24-25-45-41(29-35)42-30-36(52(4,5)6)31-43(48(42)54-45)50-55-49-39(20-14-23-47(49)56(50)46-22-13-17-32-15-7-10-19-38(32)46)34-27-33-16-8-9-18-37(33)40(28-34)44-21-11-12-26-53-44/h7-31,54H,1-6H3. The number of rotatable bonds is 4. The maximum absolute atomic E-state index is 5.75. The van der Waals surface area contributed by atoms with Gasteiger partial charge in [0, 0.05) is 44.6 Å². The zero-order valence-electron chi connectivity index (χ0n) is 32.8. The summed E-state index contributed by atoms with van der Waals surface area (Å²) >= 11 is 0. The van der Waals surface area contributed by atoms with Crippen molar-refractivity contribution in [3.63, 3.8) is 0 Å². The van der Waals surface area contributed by atoms with Crippen LogP contribution in [0.25, 0.3) is 93.8 Å². The van der Waals surface area contributed by atoms with Gasteiger partial charge in [0.15, 0.2) is 0 Å². The molecule has 4 nitrogen and oxygen atoms in total. The average molecular weight is 725 g/mol. The minimum Gasteiger partial charge on any atom is -0.354 e. The predicted molar refractivity (Wildman–Crippen MR) is 237 cm³/mol. The number of hydrogen-bond acceptors (Lipinski definition) is 2.